The van der Waals surface area contributed by atoms with Crippen molar-refractivity contribution in [2.24, 2.45) is 0 Å². The lowest BCUT2D eigenvalue weighted by Crippen LogP contribution is -2.23. The Bertz CT molecular complexity index is 507. The van der Waals surface area contributed by atoms with Crippen molar-refractivity contribution in [3.05, 3.63) is 35.6 Å². The van der Waals surface area contributed by atoms with Crippen LogP contribution in [0.15, 0.2) is 22.6 Å². The van der Waals surface area contributed by atoms with Gasteiger partial charge in [0.1, 0.15) is 5.58 Å². The number of likely N-dealkylation sites (N-methyl/N-ethyl adjacent to an activating group) is 1. The minimum absolute atomic E-state index is 0.207. The first-order valence-electron chi connectivity index (χ1n) is 5.15. The highest BCUT2D eigenvalue weighted by atomic mass is 19.2. The fourth-order valence-corrected chi connectivity index (χ4v) is 1.67. The summed E-state index contributed by atoms with van der Waals surface area (Å²) >= 11 is 0. The molecule has 0 unspecified atom stereocenters. The maximum Gasteiger partial charge on any atom is 0.315 e. The average Bonchev–Trinajstić information content (AvgIpc) is 2.55. The van der Waals surface area contributed by atoms with Crippen LogP contribution in [0.2, 0.25) is 0 Å². The minimum Gasteiger partial charge on any atom is -0.429 e. The Labute approximate surface area is 92.2 Å². The zero-order chi connectivity index (χ0) is 11.7. The van der Waals surface area contributed by atoms with Crippen molar-refractivity contribution in [1.29, 1.82) is 0 Å². The summed E-state index contributed by atoms with van der Waals surface area (Å²) in [6.07, 6.45) is 0.763. The molecule has 0 fully saturated rings. The molecule has 0 aliphatic heterocycles. The molecule has 1 aromatic carbocycles. The summed E-state index contributed by atoms with van der Waals surface area (Å²) in [5, 5.41) is 3.30. The van der Waals surface area contributed by atoms with Crippen molar-refractivity contribution in [1.82, 2.24) is 5.32 Å². The third kappa shape index (κ3) is 1.93. The molecule has 0 radical (unpaired) electrons. The van der Waals surface area contributed by atoms with Crippen molar-refractivity contribution in [3.8, 4) is 0 Å². The molecule has 0 spiro atoms. The summed E-state index contributed by atoms with van der Waals surface area (Å²) in [6.45, 7) is 2.02. The summed E-state index contributed by atoms with van der Waals surface area (Å²) in [5.41, 5.74) is 1.20. The Hall–Kier alpha value is -1.42. The van der Waals surface area contributed by atoms with Crippen LogP contribution in [0.1, 0.15) is 12.5 Å². The third-order valence-electron chi connectivity index (χ3n) is 2.69. The molecular formula is C12H13F2NO. The summed E-state index contributed by atoms with van der Waals surface area (Å²) < 4.78 is 30.7. The maximum absolute atomic E-state index is 13.3. The number of rotatable bonds is 3. The first-order valence-corrected chi connectivity index (χ1v) is 5.15. The van der Waals surface area contributed by atoms with Crippen LogP contribution in [-0.4, -0.2) is 13.1 Å². The van der Waals surface area contributed by atoms with Crippen molar-refractivity contribution < 1.29 is 13.2 Å². The van der Waals surface area contributed by atoms with Gasteiger partial charge in [-0.2, -0.15) is 8.78 Å². The van der Waals surface area contributed by atoms with E-state index in [0.717, 1.165) is 12.0 Å². The molecule has 2 aromatic rings. The zero-order valence-corrected chi connectivity index (χ0v) is 9.18. The van der Waals surface area contributed by atoms with Crippen LogP contribution in [0.25, 0.3) is 11.0 Å². The predicted octanol–water partition coefficient (Wildman–Crippen LogP) is 2.86. The molecule has 1 aromatic heterocycles. The Morgan fingerprint density at radius 3 is 2.81 bits per heavy atom. The number of benzene rings is 1. The molecule has 1 N–H and O–H groups in total. The Morgan fingerprint density at radius 1 is 1.38 bits per heavy atom. The molecule has 2 rings (SSSR count). The number of hydrogen-bond donors (Lipinski definition) is 1. The van der Waals surface area contributed by atoms with Crippen LogP contribution in [0.4, 0.5) is 8.78 Å². The lowest BCUT2D eigenvalue weighted by Gasteiger charge is -2.09. The van der Waals surface area contributed by atoms with Gasteiger partial charge in [0.2, 0.25) is 5.82 Å². The second-order valence-corrected chi connectivity index (χ2v) is 3.91. The normalized spacial score (nSPS) is 13.2. The van der Waals surface area contributed by atoms with E-state index in [-0.39, 0.29) is 17.0 Å². The van der Waals surface area contributed by atoms with Gasteiger partial charge in [0, 0.05) is 6.04 Å². The highest BCUT2D eigenvalue weighted by Gasteiger charge is 2.14. The van der Waals surface area contributed by atoms with Gasteiger partial charge in [-0.3, -0.25) is 0 Å². The molecule has 0 saturated carbocycles. The van der Waals surface area contributed by atoms with E-state index in [0.29, 0.717) is 0 Å². The minimum atomic E-state index is -1.14. The molecule has 1 atom stereocenters. The number of furan rings is 1. The molecule has 86 valence electrons. The van der Waals surface area contributed by atoms with Gasteiger partial charge in [-0.05, 0) is 38.1 Å². The smallest absolute Gasteiger partial charge is 0.315 e. The van der Waals surface area contributed by atoms with E-state index >= 15 is 0 Å². The van der Waals surface area contributed by atoms with Crippen LogP contribution in [0.5, 0.6) is 0 Å². The van der Waals surface area contributed by atoms with Crippen LogP contribution < -0.4 is 5.32 Å². The quantitative estimate of drug-likeness (QED) is 0.868. The molecule has 2 nitrogen and oxygen atoms in total. The molecule has 0 aliphatic rings. The summed E-state index contributed by atoms with van der Waals surface area (Å²) in [5.74, 6) is -0.908. The standard InChI is InChI=1S/C12H13F2NO/c1-7(15-2)5-8-3-4-10-9(6-8)11(13)12(14)16-10/h3-4,6-7,15H,5H2,1-2H3/t7-/m1/s1. The number of halogens is 2. The SMILES string of the molecule is CN[C@H](C)Cc1ccc2oc(F)c(F)c2c1. The Balaban J connectivity index is 2.39. The van der Waals surface area contributed by atoms with Gasteiger partial charge >= 0.3 is 6.01 Å². The van der Waals surface area contributed by atoms with Crippen molar-refractivity contribution in [2.45, 2.75) is 19.4 Å². The number of hydrogen-bond acceptors (Lipinski definition) is 2. The predicted molar refractivity (Wildman–Crippen MR) is 58.4 cm³/mol. The largest absolute Gasteiger partial charge is 0.429 e. The van der Waals surface area contributed by atoms with Crippen molar-refractivity contribution >= 4 is 11.0 Å². The number of fused-ring (bicyclic) bond motifs is 1. The molecule has 0 saturated heterocycles. The van der Waals surface area contributed by atoms with Crippen LogP contribution >= 0.6 is 0 Å². The van der Waals surface area contributed by atoms with E-state index in [1.54, 1.807) is 12.1 Å². The maximum atomic E-state index is 13.3. The zero-order valence-electron chi connectivity index (χ0n) is 9.18. The molecule has 0 bridgehead atoms. The fourth-order valence-electron chi connectivity index (χ4n) is 1.67. The summed E-state index contributed by atoms with van der Waals surface area (Å²) in [4.78, 5) is 0. The summed E-state index contributed by atoms with van der Waals surface area (Å²) in [6, 6.07) is 4.19. The van der Waals surface area contributed by atoms with Gasteiger partial charge < -0.3 is 9.73 Å². The van der Waals surface area contributed by atoms with Crippen LogP contribution in [-0.2, 0) is 6.42 Å². The first-order chi connectivity index (χ1) is 7.61. The average molecular weight is 225 g/mol. The first kappa shape index (κ1) is 11.1. The highest BCUT2D eigenvalue weighted by Crippen LogP contribution is 2.24. The van der Waals surface area contributed by atoms with Crippen molar-refractivity contribution in [3.63, 3.8) is 0 Å². The van der Waals surface area contributed by atoms with E-state index in [2.05, 4.69) is 9.73 Å². The molecule has 1 heterocycles. The van der Waals surface area contributed by atoms with Crippen molar-refractivity contribution in [2.75, 3.05) is 7.05 Å². The fraction of sp³-hybridized carbons (Fsp3) is 0.333. The van der Waals surface area contributed by atoms with E-state index < -0.39 is 11.8 Å². The van der Waals surface area contributed by atoms with Gasteiger partial charge in [-0.25, -0.2) is 0 Å². The lowest BCUT2D eigenvalue weighted by molar-refractivity contribution is 0.343. The monoisotopic (exact) mass is 225 g/mol. The van der Waals surface area contributed by atoms with Gasteiger partial charge in [0.05, 0.1) is 5.39 Å². The topological polar surface area (TPSA) is 25.2 Å². The Kier molecular flexibility index (Phi) is 2.92. The van der Waals surface area contributed by atoms with E-state index in [1.807, 2.05) is 20.0 Å². The van der Waals surface area contributed by atoms with Crippen LogP contribution in [0.3, 0.4) is 0 Å². The van der Waals surface area contributed by atoms with E-state index in [4.69, 9.17) is 0 Å². The molecule has 4 heteroatoms. The van der Waals surface area contributed by atoms with Gasteiger partial charge in [0.15, 0.2) is 0 Å². The lowest BCUT2D eigenvalue weighted by atomic mass is 10.1. The molecule has 16 heavy (non-hydrogen) atoms. The molecule has 0 amide bonds. The van der Waals surface area contributed by atoms with E-state index in [9.17, 15) is 8.78 Å². The molecular weight excluding hydrogens is 212 g/mol. The van der Waals surface area contributed by atoms with Crippen LogP contribution in [0, 0.1) is 11.8 Å². The number of nitrogens with one attached hydrogen (secondary N) is 1. The third-order valence-corrected chi connectivity index (χ3v) is 2.69. The van der Waals surface area contributed by atoms with Gasteiger partial charge in [-0.1, -0.05) is 6.07 Å². The highest BCUT2D eigenvalue weighted by molar-refractivity contribution is 5.78. The van der Waals surface area contributed by atoms with Gasteiger partial charge in [-0.15, -0.1) is 0 Å². The second-order valence-electron chi connectivity index (χ2n) is 3.91. The van der Waals surface area contributed by atoms with Gasteiger partial charge in [0.25, 0.3) is 0 Å². The Morgan fingerprint density at radius 2 is 2.12 bits per heavy atom. The second kappa shape index (κ2) is 4.22. The van der Waals surface area contributed by atoms with E-state index in [1.165, 1.54) is 0 Å². The molecule has 0 aliphatic carbocycles. The summed E-state index contributed by atoms with van der Waals surface area (Å²) in [7, 11) is 1.86.